The maximum absolute atomic E-state index is 9.89. The van der Waals surface area contributed by atoms with Crippen LogP contribution in [-0.2, 0) is 36.2 Å². The predicted molar refractivity (Wildman–Crippen MR) is 84.3 cm³/mol. The Bertz CT molecular complexity index is 333. The van der Waals surface area contributed by atoms with Gasteiger partial charge in [-0.15, -0.1) is 0 Å². The van der Waals surface area contributed by atoms with Crippen LogP contribution >= 0.6 is 0 Å². The standard InChI is InChI=1S/2C5H10O3.2C3H7O.Ti/c2*1-3-5(2,8)4(6)7;2*1-3(2)4;/h2*8H,3H2,1-2H3,(H,6,7);2*3H,1-2H3;/q;;2*-1;+4/p-2. The van der Waals surface area contributed by atoms with Crippen LogP contribution < -0.4 is 10.2 Å². The Labute approximate surface area is 160 Å². The quantitative estimate of drug-likeness (QED) is 0.522. The fraction of sp³-hybridized carbons (Fsp3) is 0.875. The van der Waals surface area contributed by atoms with Gasteiger partial charge in [-0.25, -0.2) is 0 Å². The molecule has 2 N–H and O–H groups in total. The molecule has 0 aliphatic heterocycles. The minimum absolute atomic E-state index is 0.176. The normalized spacial score (nSPS) is 14.9. The fourth-order valence-electron chi connectivity index (χ4n) is 0.509. The van der Waals surface area contributed by atoms with Crippen molar-refractivity contribution in [3.8, 4) is 0 Å². The van der Waals surface area contributed by atoms with Crippen molar-refractivity contribution < 1.29 is 56.6 Å². The summed E-state index contributed by atoms with van der Waals surface area (Å²) < 4.78 is 10.5. The van der Waals surface area contributed by atoms with Gasteiger partial charge in [-0.3, -0.25) is 0 Å². The SMILES string of the molecule is CC(C)[O][Ti+2][O]C(C)C.CCC(C)(O)C(=O)[O-].CCC(C)(O)C(=O)[O-]. The molecule has 2 unspecified atom stereocenters. The molecule has 2 atom stereocenters. The molecule has 0 rings (SSSR count). The maximum Gasteiger partial charge on any atom is 0.101 e. The van der Waals surface area contributed by atoms with Crippen molar-refractivity contribution in [3.05, 3.63) is 0 Å². The van der Waals surface area contributed by atoms with Crippen molar-refractivity contribution in [2.45, 2.75) is 91.6 Å². The second kappa shape index (κ2) is 14.6. The maximum atomic E-state index is 9.89. The van der Waals surface area contributed by atoms with Crippen molar-refractivity contribution in [2.75, 3.05) is 0 Å². The molecular formula is C16H32O8Ti. The first-order valence-electron chi connectivity index (χ1n) is 8.07. The summed E-state index contributed by atoms with van der Waals surface area (Å²) in [5.74, 6) is -2.83. The molecule has 0 aromatic heterocycles. The zero-order chi connectivity index (χ0) is 20.8. The van der Waals surface area contributed by atoms with Gasteiger partial charge in [0.25, 0.3) is 0 Å². The van der Waals surface area contributed by atoms with Crippen LogP contribution in [0.2, 0.25) is 0 Å². The molecule has 0 amide bonds. The Balaban J connectivity index is -0.000000291. The van der Waals surface area contributed by atoms with Crippen molar-refractivity contribution in [2.24, 2.45) is 0 Å². The van der Waals surface area contributed by atoms with Crippen molar-refractivity contribution in [3.63, 3.8) is 0 Å². The van der Waals surface area contributed by atoms with Gasteiger partial charge in [0.2, 0.25) is 0 Å². The summed E-state index contributed by atoms with van der Waals surface area (Å²) in [6, 6.07) is 0. The first kappa shape index (κ1) is 29.3. The summed E-state index contributed by atoms with van der Waals surface area (Å²) in [7, 11) is 0. The van der Waals surface area contributed by atoms with Crippen LogP contribution in [-0.4, -0.2) is 45.6 Å². The molecule has 0 aromatic rings. The van der Waals surface area contributed by atoms with Crippen LogP contribution in [0.5, 0.6) is 0 Å². The third-order valence-corrected chi connectivity index (χ3v) is 4.60. The molecule has 8 nitrogen and oxygen atoms in total. The Morgan fingerprint density at radius 1 is 0.880 bits per heavy atom. The number of carboxylic acids is 2. The van der Waals surface area contributed by atoms with E-state index in [9.17, 15) is 19.8 Å². The van der Waals surface area contributed by atoms with Crippen molar-refractivity contribution >= 4 is 11.9 Å². The van der Waals surface area contributed by atoms with E-state index < -0.39 is 43.1 Å². The van der Waals surface area contributed by atoms with Crippen LogP contribution in [0.1, 0.15) is 68.2 Å². The van der Waals surface area contributed by atoms with E-state index in [1.54, 1.807) is 13.8 Å². The second-order valence-electron chi connectivity index (χ2n) is 6.25. The molecule has 0 saturated heterocycles. The van der Waals surface area contributed by atoms with Crippen molar-refractivity contribution in [1.82, 2.24) is 0 Å². The molecule has 0 aliphatic rings. The molecule has 0 bridgehead atoms. The molecule has 148 valence electrons. The molecule has 0 aromatic carbocycles. The summed E-state index contributed by atoms with van der Waals surface area (Å²) in [6.07, 6.45) is 0.998. The van der Waals surface area contributed by atoms with E-state index >= 15 is 0 Å². The van der Waals surface area contributed by atoms with Crippen LogP contribution in [0, 0.1) is 0 Å². The second-order valence-corrected chi connectivity index (χ2v) is 7.24. The average Bonchev–Trinajstić information content (AvgIpc) is 2.47. The largest absolute Gasteiger partial charge is 0.547 e. The number of carboxylic acid groups (broad SMARTS) is 2. The van der Waals surface area contributed by atoms with Gasteiger partial charge >= 0.3 is 66.5 Å². The van der Waals surface area contributed by atoms with Crippen LogP contribution in [0.3, 0.4) is 0 Å². The average molecular weight is 400 g/mol. The van der Waals surface area contributed by atoms with E-state index in [2.05, 4.69) is 0 Å². The first-order valence-corrected chi connectivity index (χ1v) is 9.35. The van der Waals surface area contributed by atoms with E-state index in [4.69, 9.17) is 16.8 Å². The number of rotatable bonds is 8. The third kappa shape index (κ3) is 19.7. The Kier molecular flexibility index (Phi) is 17.1. The smallest absolute Gasteiger partial charge is 0.101 e. The van der Waals surface area contributed by atoms with Gasteiger partial charge in [0.15, 0.2) is 0 Å². The van der Waals surface area contributed by atoms with Crippen LogP contribution in [0.4, 0.5) is 0 Å². The number of hydrogen-bond donors (Lipinski definition) is 2. The molecule has 0 aliphatic carbocycles. The van der Waals surface area contributed by atoms with Crippen LogP contribution in [0.15, 0.2) is 0 Å². The molecule has 0 fully saturated rings. The zero-order valence-electron chi connectivity index (χ0n) is 16.4. The third-order valence-electron chi connectivity index (χ3n) is 2.82. The van der Waals surface area contributed by atoms with Gasteiger partial charge in [-0.05, 0) is 26.7 Å². The number of hydrogen-bond acceptors (Lipinski definition) is 8. The summed E-state index contributed by atoms with van der Waals surface area (Å²) in [4.78, 5) is 19.8. The van der Waals surface area contributed by atoms with Gasteiger partial charge in [-0.1, -0.05) is 13.8 Å². The molecule has 0 heterocycles. The van der Waals surface area contributed by atoms with Gasteiger partial charge in [0.05, 0.1) is 11.9 Å². The van der Waals surface area contributed by atoms with Gasteiger partial charge in [0, 0.05) is 0 Å². The molecule has 9 heteroatoms. The number of carbonyl (C=O) groups is 2. The van der Waals surface area contributed by atoms with E-state index in [-0.39, 0.29) is 12.8 Å². The predicted octanol–water partition coefficient (Wildman–Crippen LogP) is -0.456. The van der Waals surface area contributed by atoms with E-state index in [0.29, 0.717) is 12.2 Å². The number of carbonyl (C=O) groups excluding carboxylic acids is 2. The minimum atomic E-state index is -1.65. The van der Waals surface area contributed by atoms with Gasteiger partial charge in [0.1, 0.15) is 11.2 Å². The Morgan fingerprint density at radius 3 is 1.20 bits per heavy atom. The van der Waals surface area contributed by atoms with Gasteiger partial charge < -0.3 is 30.0 Å². The van der Waals surface area contributed by atoms with E-state index in [1.165, 1.54) is 13.8 Å². The molecule has 25 heavy (non-hydrogen) atoms. The summed E-state index contributed by atoms with van der Waals surface area (Å²) in [5, 5.41) is 37.3. The number of aliphatic carboxylic acids is 2. The molecule has 0 radical (unpaired) electrons. The fourth-order valence-corrected chi connectivity index (χ4v) is 1.20. The van der Waals surface area contributed by atoms with E-state index in [1.807, 2.05) is 27.7 Å². The summed E-state index contributed by atoms with van der Waals surface area (Å²) >= 11 is -0.574. The molecular weight excluding hydrogens is 368 g/mol. The minimum Gasteiger partial charge on any atom is -0.547 e. The molecule has 0 spiro atoms. The topological polar surface area (TPSA) is 139 Å². The monoisotopic (exact) mass is 400 g/mol. The van der Waals surface area contributed by atoms with Crippen molar-refractivity contribution in [1.29, 1.82) is 0 Å². The summed E-state index contributed by atoms with van der Waals surface area (Å²) in [5.41, 5.74) is -3.31. The van der Waals surface area contributed by atoms with E-state index in [0.717, 1.165) is 0 Å². The molecule has 0 saturated carbocycles. The van der Waals surface area contributed by atoms with Crippen LogP contribution in [0.25, 0.3) is 0 Å². The first-order chi connectivity index (χ1) is 11.1. The Morgan fingerprint density at radius 2 is 1.12 bits per heavy atom. The Hall–Kier alpha value is -0.506. The summed E-state index contributed by atoms with van der Waals surface area (Å²) in [6.45, 7) is 13.7. The van der Waals surface area contributed by atoms with Gasteiger partial charge in [-0.2, -0.15) is 0 Å². The zero-order valence-corrected chi connectivity index (χ0v) is 18.0. The number of aliphatic hydroxyl groups is 2.